The van der Waals surface area contributed by atoms with Crippen LogP contribution in [0.15, 0.2) is 0 Å². The molecule has 0 amide bonds. The van der Waals surface area contributed by atoms with Crippen LogP contribution >= 0.6 is 0 Å². The highest BCUT2D eigenvalue weighted by Gasteiger charge is 2.27. The first-order chi connectivity index (χ1) is 10.6. The molecule has 2 heteroatoms. The van der Waals surface area contributed by atoms with Gasteiger partial charge in [0.25, 0.3) is 0 Å². The number of hydrogen-bond donors (Lipinski definition) is 0. The lowest BCUT2D eigenvalue weighted by atomic mass is 9.79. The lowest BCUT2D eigenvalue weighted by Gasteiger charge is -2.28. The van der Waals surface area contributed by atoms with Crippen molar-refractivity contribution in [2.75, 3.05) is 0 Å². The van der Waals surface area contributed by atoms with Crippen molar-refractivity contribution in [1.82, 2.24) is 9.97 Å². The van der Waals surface area contributed by atoms with E-state index in [-0.39, 0.29) is 5.41 Å². The second-order valence-corrected chi connectivity index (χ2v) is 8.12. The Kier molecular flexibility index (Phi) is 3.62. The van der Waals surface area contributed by atoms with Crippen LogP contribution < -0.4 is 0 Å². The quantitative estimate of drug-likeness (QED) is 0.595. The van der Waals surface area contributed by atoms with Crippen molar-refractivity contribution in [2.45, 2.75) is 73.6 Å². The minimum absolute atomic E-state index is 0.00573. The SMILES string of the molecule is Cc1nc(C(C)(C)C)nc2c1Cc1c(C)c(C)c(C)c(C)c1C2. The molecule has 0 aliphatic heterocycles. The average Bonchev–Trinajstić information content (AvgIpc) is 2.48. The normalized spacial score (nSPS) is 13.7. The van der Waals surface area contributed by atoms with Crippen LogP contribution in [0.4, 0.5) is 0 Å². The molecule has 0 saturated carbocycles. The van der Waals surface area contributed by atoms with Crippen molar-refractivity contribution in [1.29, 1.82) is 0 Å². The Hall–Kier alpha value is -1.70. The van der Waals surface area contributed by atoms with E-state index in [0.29, 0.717) is 0 Å². The molecule has 0 radical (unpaired) electrons. The van der Waals surface area contributed by atoms with Gasteiger partial charge in [0.05, 0.1) is 5.69 Å². The van der Waals surface area contributed by atoms with Gasteiger partial charge in [0.15, 0.2) is 0 Å². The van der Waals surface area contributed by atoms with Crippen molar-refractivity contribution >= 4 is 0 Å². The summed E-state index contributed by atoms with van der Waals surface area (Å²) >= 11 is 0. The number of aryl methyl sites for hydroxylation is 1. The molecule has 0 bridgehead atoms. The fourth-order valence-corrected chi connectivity index (χ4v) is 3.66. The Bertz CT molecular complexity index is 808. The van der Waals surface area contributed by atoms with Gasteiger partial charge < -0.3 is 0 Å². The number of hydrogen-bond acceptors (Lipinski definition) is 2. The highest BCUT2D eigenvalue weighted by molar-refractivity contribution is 5.56. The van der Waals surface area contributed by atoms with Crippen LogP contribution in [-0.2, 0) is 18.3 Å². The van der Waals surface area contributed by atoms with Gasteiger partial charge in [0.2, 0.25) is 0 Å². The maximum atomic E-state index is 4.96. The van der Waals surface area contributed by atoms with Gasteiger partial charge in [-0.3, -0.25) is 0 Å². The molecule has 122 valence electrons. The van der Waals surface area contributed by atoms with Gasteiger partial charge in [-0.15, -0.1) is 0 Å². The monoisotopic (exact) mass is 308 g/mol. The Morgan fingerprint density at radius 1 is 0.652 bits per heavy atom. The third-order valence-corrected chi connectivity index (χ3v) is 5.63. The van der Waals surface area contributed by atoms with E-state index in [9.17, 15) is 0 Å². The molecule has 1 aromatic heterocycles. The first-order valence-corrected chi connectivity index (χ1v) is 8.56. The third kappa shape index (κ3) is 2.49. The van der Waals surface area contributed by atoms with E-state index in [4.69, 9.17) is 9.97 Å². The van der Waals surface area contributed by atoms with Crippen LogP contribution in [0, 0.1) is 34.6 Å². The van der Waals surface area contributed by atoms with E-state index < -0.39 is 0 Å². The average molecular weight is 308 g/mol. The molecule has 0 unspecified atom stereocenters. The summed E-state index contributed by atoms with van der Waals surface area (Å²) in [6.07, 6.45) is 1.93. The van der Waals surface area contributed by atoms with Gasteiger partial charge in [-0.25, -0.2) is 9.97 Å². The largest absolute Gasteiger partial charge is 0.237 e. The molecule has 1 aromatic carbocycles. The molecule has 0 spiro atoms. The molecular formula is C21H28N2. The topological polar surface area (TPSA) is 25.8 Å². The molecule has 1 heterocycles. The van der Waals surface area contributed by atoms with Crippen molar-refractivity contribution < 1.29 is 0 Å². The van der Waals surface area contributed by atoms with Gasteiger partial charge in [0.1, 0.15) is 5.82 Å². The third-order valence-electron chi connectivity index (χ3n) is 5.63. The van der Waals surface area contributed by atoms with Crippen molar-refractivity contribution in [3.05, 3.63) is 56.2 Å². The fraction of sp³-hybridized carbons (Fsp3) is 0.524. The summed E-state index contributed by atoms with van der Waals surface area (Å²) in [4.78, 5) is 9.77. The minimum Gasteiger partial charge on any atom is -0.237 e. The van der Waals surface area contributed by atoms with E-state index in [1.165, 1.54) is 44.6 Å². The summed E-state index contributed by atoms with van der Waals surface area (Å²) in [5, 5.41) is 0. The summed E-state index contributed by atoms with van der Waals surface area (Å²) in [7, 11) is 0. The Morgan fingerprint density at radius 3 is 1.70 bits per heavy atom. The zero-order chi connectivity index (χ0) is 17.1. The van der Waals surface area contributed by atoms with Crippen molar-refractivity contribution in [2.24, 2.45) is 0 Å². The number of aromatic nitrogens is 2. The molecule has 3 rings (SSSR count). The fourth-order valence-electron chi connectivity index (χ4n) is 3.66. The predicted molar refractivity (Wildman–Crippen MR) is 96.5 cm³/mol. The Balaban J connectivity index is 2.21. The second-order valence-electron chi connectivity index (χ2n) is 8.12. The van der Waals surface area contributed by atoms with Crippen LogP contribution in [-0.4, -0.2) is 9.97 Å². The standard InChI is InChI=1S/C21H28N2/c1-11-12(2)14(4)17-10-19-18(9-16(17)13(11)3)15(5)22-20(23-19)21(6,7)8/h9-10H2,1-8H3. The molecule has 2 nitrogen and oxygen atoms in total. The highest BCUT2D eigenvalue weighted by atomic mass is 14.9. The number of nitrogens with zero attached hydrogens (tertiary/aromatic N) is 2. The van der Waals surface area contributed by atoms with Crippen LogP contribution in [0.1, 0.15) is 76.9 Å². The molecule has 0 fully saturated rings. The summed E-state index contributed by atoms with van der Waals surface area (Å²) in [5.74, 6) is 0.968. The van der Waals surface area contributed by atoms with Gasteiger partial charge >= 0.3 is 0 Å². The van der Waals surface area contributed by atoms with Gasteiger partial charge in [-0.1, -0.05) is 20.8 Å². The molecule has 0 atom stereocenters. The predicted octanol–water partition coefficient (Wildman–Crippen LogP) is 4.81. The zero-order valence-electron chi connectivity index (χ0n) is 15.8. The lowest BCUT2D eigenvalue weighted by Crippen LogP contribution is -2.22. The first kappa shape index (κ1) is 16.2. The maximum absolute atomic E-state index is 4.96. The smallest absolute Gasteiger partial charge is 0.134 e. The minimum atomic E-state index is -0.00573. The van der Waals surface area contributed by atoms with Crippen LogP contribution in [0.25, 0.3) is 0 Å². The molecule has 0 N–H and O–H groups in total. The lowest BCUT2D eigenvalue weighted by molar-refractivity contribution is 0.537. The van der Waals surface area contributed by atoms with Gasteiger partial charge in [-0.2, -0.15) is 0 Å². The molecule has 0 saturated heterocycles. The number of fused-ring (bicyclic) bond motifs is 2. The van der Waals surface area contributed by atoms with Crippen LogP contribution in [0.2, 0.25) is 0 Å². The molecular weight excluding hydrogens is 280 g/mol. The Morgan fingerprint density at radius 2 is 1.17 bits per heavy atom. The molecule has 1 aliphatic rings. The number of benzene rings is 1. The van der Waals surface area contributed by atoms with E-state index in [0.717, 1.165) is 24.4 Å². The highest BCUT2D eigenvalue weighted by Crippen LogP contribution is 2.35. The molecule has 23 heavy (non-hydrogen) atoms. The summed E-state index contributed by atoms with van der Waals surface area (Å²) in [6.45, 7) is 17.7. The van der Waals surface area contributed by atoms with E-state index in [1.54, 1.807) is 0 Å². The van der Waals surface area contributed by atoms with Crippen molar-refractivity contribution in [3.63, 3.8) is 0 Å². The van der Waals surface area contributed by atoms with E-state index in [1.807, 2.05) is 0 Å². The maximum Gasteiger partial charge on any atom is 0.134 e. The second kappa shape index (κ2) is 5.15. The van der Waals surface area contributed by atoms with E-state index >= 15 is 0 Å². The van der Waals surface area contributed by atoms with Crippen LogP contribution in [0.3, 0.4) is 0 Å². The zero-order valence-corrected chi connectivity index (χ0v) is 15.8. The van der Waals surface area contributed by atoms with Gasteiger partial charge in [0, 0.05) is 24.0 Å². The summed E-state index contributed by atoms with van der Waals surface area (Å²) in [5.41, 5.74) is 12.5. The summed E-state index contributed by atoms with van der Waals surface area (Å²) < 4.78 is 0. The first-order valence-electron chi connectivity index (χ1n) is 8.56. The number of rotatable bonds is 0. The molecule has 1 aliphatic carbocycles. The Labute approximate surface area is 140 Å². The van der Waals surface area contributed by atoms with Crippen molar-refractivity contribution in [3.8, 4) is 0 Å². The summed E-state index contributed by atoms with van der Waals surface area (Å²) in [6, 6.07) is 0. The van der Waals surface area contributed by atoms with Crippen LogP contribution in [0.5, 0.6) is 0 Å². The van der Waals surface area contributed by atoms with E-state index in [2.05, 4.69) is 55.4 Å². The molecule has 2 aromatic rings. The van der Waals surface area contributed by atoms with Gasteiger partial charge in [-0.05, 0) is 73.6 Å².